The van der Waals surface area contributed by atoms with Crippen molar-refractivity contribution < 1.29 is 14.3 Å². The minimum Gasteiger partial charge on any atom is -0.377 e. The summed E-state index contributed by atoms with van der Waals surface area (Å²) in [5.41, 5.74) is 7.34. The number of carbonyl (C=O) groups is 2. The number of primary amides is 1. The van der Waals surface area contributed by atoms with E-state index in [1.54, 1.807) is 36.0 Å². The molecule has 136 valence electrons. The molecule has 1 aliphatic rings. The van der Waals surface area contributed by atoms with Crippen molar-refractivity contribution in [3.63, 3.8) is 0 Å². The normalized spacial score (nSPS) is 16.4. The van der Waals surface area contributed by atoms with E-state index in [0.29, 0.717) is 11.3 Å². The van der Waals surface area contributed by atoms with Gasteiger partial charge in [0.2, 0.25) is 5.91 Å². The highest BCUT2D eigenvalue weighted by Gasteiger charge is 2.18. The Morgan fingerprint density at radius 1 is 1.15 bits per heavy atom. The number of amides is 2. The van der Waals surface area contributed by atoms with Gasteiger partial charge in [-0.25, -0.2) is 0 Å². The van der Waals surface area contributed by atoms with Gasteiger partial charge in [0.05, 0.1) is 18.1 Å². The van der Waals surface area contributed by atoms with Gasteiger partial charge in [-0.2, -0.15) is 0 Å². The monoisotopic (exact) mass is 370 g/mol. The van der Waals surface area contributed by atoms with Crippen LogP contribution in [0, 0.1) is 0 Å². The predicted octanol–water partition coefficient (Wildman–Crippen LogP) is 3.24. The van der Waals surface area contributed by atoms with Crippen molar-refractivity contribution in [2.24, 2.45) is 5.73 Å². The van der Waals surface area contributed by atoms with E-state index in [1.807, 2.05) is 24.3 Å². The second-order valence-electron chi connectivity index (χ2n) is 6.24. The van der Waals surface area contributed by atoms with Crippen molar-refractivity contribution in [3.8, 4) is 0 Å². The Morgan fingerprint density at radius 3 is 2.62 bits per heavy atom. The fraction of sp³-hybridized carbons (Fsp3) is 0.300. The zero-order valence-electron chi connectivity index (χ0n) is 14.4. The van der Waals surface area contributed by atoms with E-state index >= 15 is 0 Å². The Labute approximate surface area is 157 Å². The average molecular weight is 370 g/mol. The number of anilines is 1. The second kappa shape index (κ2) is 8.87. The number of ether oxygens (including phenoxy) is 1. The molecule has 0 radical (unpaired) electrons. The highest BCUT2D eigenvalue weighted by atomic mass is 32.2. The van der Waals surface area contributed by atoms with E-state index in [2.05, 4.69) is 5.32 Å². The summed E-state index contributed by atoms with van der Waals surface area (Å²) >= 11 is 1.66. The lowest BCUT2D eigenvalue weighted by Crippen LogP contribution is -2.15. The number of hydrogen-bond acceptors (Lipinski definition) is 4. The van der Waals surface area contributed by atoms with Gasteiger partial charge in [0.25, 0.3) is 5.91 Å². The molecule has 0 aromatic heterocycles. The van der Waals surface area contributed by atoms with Gasteiger partial charge < -0.3 is 15.8 Å². The van der Waals surface area contributed by atoms with Gasteiger partial charge in [0.1, 0.15) is 0 Å². The zero-order valence-corrected chi connectivity index (χ0v) is 15.3. The number of benzene rings is 2. The summed E-state index contributed by atoms with van der Waals surface area (Å²) in [4.78, 5) is 24.6. The lowest BCUT2D eigenvalue weighted by atomic mass is 10.1. The van der Waals surface area contributed by atoms with Crippen molar-refractivity contribution in [3.05, 3.63) is 59.7 Å². The number of carbonyl (C=O) groups excluding carboxylic acids is 2. The quantitative estimate of drug-likeness (QED) is 0.733. The molecule has 0 spiro atoms. The highest BCUT2D eigenvalue weighted by molar-refractivity contribution is 7.99. The van der Waals surface area contributed by atoms with Crippen LogP contribution in [0.5, 0.6) is 0 Å². The van der Waals surface area contributed by atoms with Gasteiger partial charge in [-0.05, 0) is 42.7 Å². The minimum absolute atomic E-state index is 0.150. The lowest BCUT2D eigenvalue weighted by molar-refractivity contribution is -0.117. The van der Waals surface area contributed by atoms with E-state index in [1.165, 1.54) is 0 Å². The van der Waals surface area contributed by atoms with Gasteiger partial charge in [0.15, 0.2) is 0 Å². The molecule has 0 bridgehead atoms. The standard InChI is InChI=1S/C20H22N2O3S/c21-19(23)12-14-7-9-15(10-8-14)22-20(24)17-5-1-2-6-18(17)26-13-16-4-3-11-25-16/h1-2,5-10,16H,3-4,11-13H2,(H2,21,23)(H,22,24). The summed E-state index contributed by atoms with van der Waals surface area (Å²) in [6.45, 7) is 0.832. The van der Waals surface area contributed by atoms with Gasteiger partial charge in [-0.3, -0.25) is 9.59 Å². The molecule has 1 atom stereocenters. The predicted molar refractivity (Wildman–Crippen MR) is 103 cm³/mol. The number of nitrogens with one attached hydrogen (secondary N) is 1. The van der Waals surface area contributed by atoms with Crippen LogP contribution in [0.25, 0.3) is 0 Å². The van der Waals surface area contributed by atoms with Crippen molar-refractivity contribution in [2.75, 3.05) is 17.7 Å². The van der Waals surface area contributed by atoms with Gasteiger partial charge in [-0.15, -0.1) is 11.8 Å². The van der Waals surface area contributed by atoms with Crippen LogP contribution in [0.1, 0.15) is 28.8 Å². The van der Waals surface area contributed by atoms with Crippen LogP contribution in [-0.4, -0.2) is 30.3 Å². The van der Waals surface area contributed by atoms with Crippen molar-refractivity contribution in [1.82, 2.24) is 0 Å². The van der Waals surface area contributed by atoms with Crippen LogP contribution < -0.4 is 11.1 Å². The Balaban J connectivity index is 1.64. The molecule has 1 fully saturated rings. The van der Waals surface area contributed by atoms with E-state index in [9.17, 15) is 9.59 Å². The first-order chi connectivity index (χ1) is 12.6. The SMILES string of the molecule is NC(=O)Cc1ccc(NC(=O)c2ccccc2SCC2CCCO2)cc1. The molecule has 3 N–H and O–H groups in total. The van der Waals surface area contributed by atoms with Crippen LogP contribution in [0.2, 0.25) is 0 Å². The molecule has 1 unspecified atom stereocenters. The molecule has 0 aliphatic carbocycles. The molecule has 1 heterocycles. The summed E-state index contributed by atoms with van der Waals surface area (Å²) in [6, 6.07) is 14.7. The number of nitrogens with two attached hydrogens (primary N) is 1. The maximum absolute atomic E-state index is 12.7. The molecular weight excluding hydrogens is 348 g/mol. The fourth-order valence-electron chi connectivity index (χ4n) is 2.84. The van der Waals surface area contributed by atoms with E-state index in [0.717, 1.165) is 35.7 Å². The molecule has 5 nitrogen and oxygen atoms in total. The number of hydrogen-bond donors (Lipinski definition) is 2. The Bertz CT molecular complexity index is 771. The Kier molecular flexibility index (Phi) is 6.30. The van der Waals surface area contributed by atoms with Gasteiger partial charge >= 0.3 is 0 Å². The van der Waals surface area contributed by atoms with E-state index in [-0.39, 0.29) is 24.3 Å². The molecule has 1 aliphatic heterocycles. The largest absolute Gasteiger partial charge is 0.377 e. The first kappa shape index (κ1) is 18.5. The summed E-state index contributed by atoms with van der Waals surface area (Å²) in [5.74, 6) is 0.327. The van der Waals surface area contributed by atoms with Crippen LogP contribution in [-0.2, 0) is 16.0 Å². The molecule has 2 amide bonds. The third kappa shape index (κ3) is 5.09. The molecule has 2 aromatic rings. The van der Waals surface area contributed by atoms with E-state index in [4.69, 9.17) is 10.5 Å². The number of thioether (sulfide) groups is 1. The fourth-order valence-corrected chi connectivity index (χ4v) is 3.96. The molecule has 2 aromatic carbocycles. The Morgan fingerprint density at radius 2 is 1.92 bits per heavy atom. The smallest absolute Gasteiger partial charge is 0.256 e. The molecule has 6 heteroatoms. The maximum atomic E-state index is 12.7. The maximum Gasteiger partial charge on any atom is 0.256 e. The summed E-state index contributed by atoms with van der Waals surface area (Å²) in [5, 5.41) is 2.91. The first-order valence-corrected chi connectivity index (χ1v) is 9.62. The van der Waals surface area contributed by atoms with Crippen molar-refractivity contribution in [1.29, 1.82) is 0 Å². The lowest BCUT2D eigenvalue weighted by Gasteiger charge is -2.12. The molecule has 1 saturated heterocycles. The first-order valence-electron chi connectivity index (χ1n) is 8.64. The number of rotatable bonds is 7. The summed E-state index contributed by atoms with van der Waals surface area (Å²) < 4.78 is 5.66. The van der Waals surface area contributed by atoms with Crippen molar-refractivity contribution >= 4 is 29.3 Å². The summed E-state index contributed by atoms with van der Waals surface area (Å²) in [7, 11) is 0. The second-order valence-corrected chi connectivity index (χ2v) is 7.30. The molecular formula is C20H22N2O3S. The van der Waals surface area contributed by atoms with Crippen LogP contribution in [0.15, 0.2) is 53.4 Å². The third-order valence-electron chi connectivity index (χ3n) is 4.17. The zero-order chi connectivity index (χ0) is 18.4. The van der Waals surface area contributed by atoms with E-state index < -0.39 is 0 Å². The Hall–Kier alpha value is -2.31. The van der Waals surface area contributed by atoms with Crippen LogP contribution in [0.3, 0.4) is 0 Å². The molecule has 3 rings (SSSR count). The molecule has 26 heavy (non-hydrogen) atoms. The van der Waals surface area contributed by atoms with Crippen LogP contribution in [0.4, 0.5) is 5.69 Å². The minimum atomic E-state index is -0.376. The molecule has 0 saturated carbocycles. The average Bonchev–Trinajstić information content (AvgIpc) is 3.15. The summed E-state index contributed by atoms with van der Waals surface area (Å²) in [6.07, 6.45) is 2.66. The third-order valence-corrected chi connectivity index (χ3v) is 5.38. The van der Waals surface area contributed by atoms with Crippen molar-refractivity contribution in [2.45, 2.75) is 30.3 Å². The highest BCUT2D eigenvalue weighted by Crippen LogP contribution is 2.27. The van der Waals surface area contributed by atoms with Gasteiger partial charge in [0, 0.05) is 22.9 Å². The van der Waals surface area contributed by atoms with Gasteiger partial charge in [-0.1, -0.05) is 24.3 Å². The van der Waals surface area contributed by atoms with Crippen LogP contribution >= 0.6 is 11.8 Å². The topological polar surface area (TPSA) is 81.4 Å².